The Morgan fingerprint density at radius 1 is 0.672 bits per heavy atom. The van der Waals surface area contributed by atoms with Gasteiger partial charge in [-0.05, 0) is 116 Å². The van der Waals surface area contributed by atoms with Crippen LogP contribution >= 0.6 is 0 Å². The van der Waals surface area contributed by atoms with E-state index in [0.717, 1.165) is 56.5 Å². The molecule has 1 nitrogen and oxygen atoms in total. The Hall–Kier alpha value is -6.96. The third kappa shape index (κ3) is 6.69. The van der Waals surface area contributed by atoms with Gasteiger partial charge in [-0.2, -0.15) is 0 Å². The van der Waals surface area contributed by atoms with Gasteiger partial charge in [0.25, 0.3) is 0 Å². The summed E-state index contributed by atoms with van der Waals surface area (Å²) in [5.74, 6) is 0. The highest BCUT2D eigenvalue weighted by Gasteiger charge is 2.46. The Kier molecular flexibility index (Phi) is 8.21. The van der Waals surface area contributed by atoms with Gasteiger partial charge in [-0.3, -0.25) is 0 Å². The Labute approximate surface area is 353 Å². The molecule has 0 saturated carbocycles. The van der Waals surface area contributed by atoms with Crippen molar-refractivity contribution < 1.29 is 9.60 Å². The van der Waals surface area contributed by atoms with Crippen LogP contribution < -0.4 is 4.90 Å². The maximum atomic E-state index is 10.5. The summed E-state index contributed by atoms with van der Waals surface area (Å²) in [6.07, 6.45) is 24.7. The van der Waals surface area contributed by atoms with Crippen LogP contribution in [0.3, 0.4) is 0 Å². The monoisotopic (exact) mass is 752 g/mol. The summed E-state index contributed by atoms with van der Waals surface area (Å²) < 4.78 is 68.6. The van der Waals surface area contributed by atoms with Crippen LogP contribution in [0.5, 0.6) is 0 Å². The highest BCUT2D eigenvalue weighted by atomic mass is 15.2. The lowest BCUT2D eigenvalue weighted by atomic mass is 9.67. The SMILES string of the molecule is [2H]c1c([2H])c(N(c2c([2H])c([2H])c3c(c2[2H])C(c2ccccc2)(c2ccccc2)c2ccccc2-3)C2C=CC(c3ccc(/C=C\C=C)c(/C=C\C=C)c3)=CC2)c([2H])c([2H])c1C1=CC=CCC1. The van der Waals surface area contributed by atoms with Gasteiger partial charge in [0.15, 0.2) is 0 Å². The molecule has 0 bridgehead atoms. The van der Waals surface area contributed by atoms with Gasteiger partial charge < -0.3 is 4.90 Å². The average molecular weight is 753 g/mol. The Balaban J connectivity index is 1.30. The van der Waals surface area contributed by atoms with E-state index in [1.807, 2.05) is 140 Å². The normalized spacial score (nSPS) is 18.1. The van der Waals surface area contributed by atoms with Crippen LogP contribution in [0.15, 0.2) is 219 Å². The lowest BCUT2D eigenvalue weighted by Gasteiger charge is -2.36. The first-order chi connectivity index (χ1) is 31.6. The molecule has 1 atom stereocenters. The third-order valence-corrected chi connectivity index (χ3v) is 11.3. The number of rotatable bonds is 11. The zero-order valence-electron chi connectivity index (χ0n) is 39.3. The van der Waals surface area contributed by atoms with Gasteiger partial charge in [0.2, 0.25) is 0 Å². The van der Waals surface area contributed by atoms with Gasteiger partial charge in [0.05, 0.1) is 21.1 Å². The summed E-state index contributed by atoms with van der Waals surface area (Å²) in [6.45, 7) is 7.67. The first-order valence-electron chi connectivity index (χ1n) is 23.3. The molecule has 3 aliphatic rings. The van der Waals surface area contributed by atoms with Crippen LogP contribution in [0.2, 0.25) is 0 Å². The first kappa shape index (κ1) is 29.3. The Bertz CT molecular complexity index is 3010. The first-order valence-corrected chi connectivity index (χ1v) is 19.8. The molecule has 0 aromatic heterocycles. The summed E-state index contributed by atoms with van der Waals surface area (Å²) in [4.78, 5) is 1.65. The van der Waals surface area contributed by atoms with Crippen LogP contribution in [0.1, 0.15) is 73.4 Å². The number of benzene rings is 6. The second kappa shape index (κ2) is 16.3. The minimum absolute atomic E-state index is 0.0176. The smallest absolute Gasteiger partial charge is 0.0714 e. The van der Waals surface area contributed by atoms with Crippen molar-refractivity contribution in [3.8, 4) is 11.1 Å². The van der Waals surface area contributed by atoms with E-state index >= 15 is 0 Å². The van der Waals surface area contributed by atoms with Crippen LogP contribution in [0.4, 0.5) is 11.4 Å². The molecule has 0 heterocycles. The lowest BCUT2D eigenvalue weighted by molar-refractivity contribution is 0.761. The molecule has 0 spiro atoms. The van der Waals surface area contributed by atoms with Gasteiger partial charge in [-0.15, -0.1) is 0 Å². The van der Waals surface area contributed by atoms with E-state index in [9.17, 15) is 9.60 Å². The Morgan fingerprint density at radius 3 is 2.03 bits per heavy atom. The van der Waals surface area contributed by atoms with Crippen molar-refractivity contribution >= 4 is 34.7 Å². The highest BCUT2D eigenvalue weighted by molar-refractivity contribution is 5.89. The number of hydrogen-bond donors (Lipinski definition) is 0. The fourth-order valence-electron chi connectivity index (χ4n) is 8.56. The van der Waals surface area contributed by atoms with Crippen molar-refractivity contribution in [1.82, 2.24) is 0 Å². The second-order valence-electron chi connectivity index (χ2n) is 14.6. The number of allylic oxidation sites excluding steroid dienone is 10. The van der Waals surface area contributed by atoms with Gasteiger partial charge in [0, 0.05) is 11.4 Å². The summed E-state index contributed by atoms with van der Waals surface area (Å²) in [5.41, 5.74) is 8.28. The van der Waals surface area contributed by atoms with E-state index in [0.29, 0.717) is 24.0 Å². The minimum Gasteiger partial charge on any atom is -0.334 e. The zero-order chi connectivity index (χ0) is 45.4. The average Bonchev–Trinajstić information content (AvgIpc) is 3.67. The maximum absolute atomic E-state index is 10.5. The Morgan fingerprint density at radius 2 is 1.36 bits per heavy atom. The molecule has 0 amide bonds. The van der Waals surface area contributed by atoms with Crippen LogP contribution in [-0.4, -0.2) is 6.04 Å². The number of fused-ring (bicyclic) bond motifs is 3. The molecule has 3 aliphatic carbocycles. The molecule has 280 valence electrons. The van der Waals surface area contributed by atoms with Crippen LogP contribution in [-0.2, 0) is 5.41 Å². The summed E-state index contributed by atoms with van der Waals surface area (Å²) in [5, 5.41) is 0. The molecule has 0 fully saturated rings. The van der Waals surface area contributed by atoms with E-state index in [2.05, 4.69) is 37.4 Å². The molecule has 6 aromatic rings. The van der Waals surface area contributed by atoms with Gasteiger partial charge in [-0.25, -0.2) is 0 Å². The van der Waals surface area contributed by atoms with E-state index in [1.54, 1.807) is 17.1 Å². The van der Waals surface area contributed by atoms with Crippen LogP contribution in [0.25, 0.3) is 34.4 Å². The zero-order valence-corrected chi connectivity index (χ0v) is 32.3. The quantitative estimate of drug-likeness (QED) is 0.119. The predicted molar refractivity (Wildman–Crippen MR) is 249 cm³/mol. The van der Waals surface area contributed by atoms with Crippen molar-refractivity contribution in [1.29, 1.82) is 0 Å². The van der Waals surface area contributed by atoms with Crippen molar-refractivity contribution in [2.45, 2.75) is 30.7 Å². The molecule has 0 radical (unpaired) electrons. The van der Waals surface area contributed by atoms with Gasteiger partial charge in [-0.1, -0.05) is 201 Å². The highest BCUT2D eigenvalue weighted by Crippen LogP contribution is 2.57. The summed E-state index contributed by atoms with van der Waals surface area (Å²) >= 11 is 0. The maximum Gasteiger partial charge on any atom is 0.0714 e. The minimum atomic E-state index is -1.07. The fraction of sp³-hybridized carbons (Fsp3) is 0.0877. The number of hydrogen-bond acceptors (Lipinski definition) is 1. The molecule has 58 heavy (non-hydrogen) atoms. The molecule has 0 aliphatic heterocycles. The van der Waals surface area contributed by atoms with Crippen molar-refractivity contribution in [3.05, 3.63) is 264 Å². The summed E-state index contributed by atoms with van der Waals surface area (Å²) in [6, 6.07) is 32.2. The van der Waals surface area contributed by atoms with E-state index in [4.69, 9.17) is 0 Å². The van der Waals surface area contributed by atoms with Gasteiger partial charge >= 0.3 is 0 Å². The lowest BCUT2D eigenvalue weighted by Crippen LogP contribution is -2.31. The van der Waals surface area contributed by atoms with E-state index in [-0.39, 0.29) is 59.2 Å². The second-order valence-corrected chi connectivity index (χ2v) is 14.6. The molecule has 1 unspecified atom stereocenters. The molecule has 1 heteroatoms. The number of anilines is 2. The molecule has 6 aromatic carbocycles. The third-order valence-electron chi connectivity index (χ3n) is 11.3. The topological polar surface area (TPSA) is 3.24 Å². The van der Waals surface area contributed by atoms with E-state index < -0.39 is 11.5 Å². The molecular formula is C57H47N. The standard InChI is InChI=1S/C57H47N/c1-3-5-18-43-28-29-47(40-46(43)19-6-4-2)45-32-36-51(37-33-45)58(50-34-30-44(31-35-50)42-20-10-7-11-21-42)52-38-39-54-53-26-16-17-27-55(53)57(56(54)41-52,48-22-12-8-13-23-48)49-24-14-9-15-25-49/h3-10,12-20,22-36,38-41,51H,1-2,11,21,37H2/b18-5-,19-6-/i30D,31D,34D,35D,38D,39D,41D. The predicted octanol–water partition coefficient (Wildman–Crippen LogP) is 14.7. The number of nitrogens with zero attached hydrogens (tertiary/aromatic N) is 1. The van der Waals surface area contributed by atoms with Crippen LogP contribution in [0, 0.1) is 0 Å². The summed E-state index contributed by atoms with van der Waals surface area (Å²) in [7, 11) is 0. The molecule has 0 saturated heterocycles. The fourth-order valence-corrected chi connectivity index (χ4v) is 8.56. The molecule has 9 rings (SSSR count). The molecular weight excluding hydrogens is 699 g/mol. The van der Waals surface area contributed by atoms with Crippen molar-refractivity contribution in [3.63, 3.8) is 0 Å². The van der Waals surface area contributed by atoms with Crippen molar-refractivity contribution in [2.24, 2.45) is 0 Å². The largest absolute Gasteiger partial charge is 0.334 e. The van der Waals surface area contributed by atoms with E-state index in [1.165, 1.54) is 0 Å². The molecule has 0 N–H and O–H groups in total. The van der Waals surface area contributed by atoms with Crippen molar-refractivity contribution in [2.75, 3.05) is 4.90 Å². The van der Waals surface area contributed by atoms with Gasteiger partial charge in [0.1, 0.15) is 0 Å².